The van der Waals surface area contributed by atoms with Crippen molar-refractivity contribution in [2.45, 2.75) is 65.6 Å². The first-order valence-electron chi connectivity index (χ1n) is 10.5. The van der Waals surface area contributed by atoms with Crippen LogP contribution in [0.4, 0.5) is 0 Å². The molecule has 0 saturated carbocycles. The van der Waals surface area contributed by atoms with Crippen LogP contribution in [0, 0.1) is 11.8 Å². The number of nitrogens with zero attached hydrogens (tertiary/aromatic N) is 1. The lowest BCUT2D eigenvalue weighted by Crippen LogP contribution is -2.41. The summed E-state index contributed by atoms with van der Waals surface area (Å²) in [6.07, 6.45) is 3.32. The summed E-state index contributed by atoms with van der Waals surface area (Å²) >= 11 is 1.37. The Bertz CT molecular complexity index is 815. The maximum atomic E-state index is 12.4. The van der Waals surface area contributed by atoms with Gasteiger partial charge in [-0.1, -0.05) is 12.7 Å². The lowest BCUT2D eigenvalue weighted by molar-refractivity contribution is -0.148. The molecule has 1 aromatic heterocycles. The molecule has 1 aromatic rings. The second-order valence-electron chi connectivity index (χ2n) is 9.03. The minimum absolute atomic E-state index is 0.0298. The van der Waals surface area contributed by atoms with Gasteiger partial charge in [0, 0.05) is 12.0 Å². The number of carbonyl (C=O) groups excluding carboxylic acids is 1. The molecular formula is C22H32BNO5S. The molecule has 2 aliphatic rings. The zero-order chi connectivity index (χ0) is 22.1. The van der Waals surface area contributed by atoms with Crippen LogP contribution in [0.1, 0.15) is 59.3 Å². The summed E-state index contributed by atoms with van der Waals surface area (Å²) in [5.74, 6) is 0.193. The first-order chi connectivity index (χ1) is 14.0. The van der Waals surface area contributed by atoms with E-state index in [0.717, 1.165) is 15.9 Å². The Morgan fingerprint density at radius 3 is 2.57 bits per heavy atom. The van der Waals surface area contributed by atoms with Gasteiger partial charge in [0.25, 0.3) is 0 Å². The summed E-state index contributed by atoms with van der Waals surface area (Å²) in [7, 11) is -0.451. The second-order valence-corrected chi connectivity index (χ2v) is 9.84. The summed E-state index contributed by atoms with van der Waals surface area (Å²) in [5, 5.41) is 0. The summed E-state index contributed by atoms with van der Waals surface area (Å²) in [6, 6.07) is 1.90. The highest BCUT2D eigenvalue weighted by molar-refractivity contribution is 7.07. The van der Waals surface area contributed by atoms with Gasteiger partial charge in [-0.3, -0.25) is 4.79 Å². The van der Waals surface area contributed by atoms with E-state index in [4.69, 9.17) is 18.8 Å². The van der Waals surface area contributed by atoms with Crippen molar-refractivity contribution in [1.82, 2.24) is 4.37 Å². The Kier molecular flexibility index (Phi) is 6.79. The third kappa shape index (κ3) is 4.81. The van der Waals surface area contributed by atoms with Crippen LogP contribution in [0.5, 0.6) is 5.88 Å². The van der Waals surface area contributed by atoms with E-state index in [1.807, 2.05) is 47.6 Å². The molecule has 8 heteroatoms. The number of hydrogen-bond donors (Lipinski definition) is 0. The molecule has 0 bridgehead atoms. The standard InChI is InChI=1S/C22H32BNO5S/c1-8-26-20(25)15-9-10-17(23-28-21(4,5)22(6,7)29-23)16(11-15)13-27-19-12-18(14(2)3)30-24-19/h10,12,15-16H,2,8-9,11,13H2,1,3-7H3. The van der Waals surface area contributed by atoms with Gasteiger partial charge in [-0.2, -0.15) is 4.37 Å². The fraction of sp³-hybridized carbons (Fsp3) is 0.636. The van der Waals surface area contributed by atoms with Crippen molar-refractivity contribution in [1.29, 1.82) is 0 Å². The lowest BCUT2D eigenvalue weighted by Gasteiger charge is -2.32. The van der Waals surface area contributed by atoms with Crippen LogP contribution in [0.15, 0.2) is 24.2 Å². The summed E-state index contributed by atoms with van der Waals surface area (Å²) in [4.78, 5) is 13.4. The molecule has 0 N–H and O–H groups in total. The van der Waals surface area contributed by atoms with Crippen LogP contribution in [0.2, 0.25) is 0 Å². The summed E-state index contributed by atoms with van der Waals surface area (Å²) in [5.41, 5.74) is 1.14. The van der Waals surface area contributed by atoms with E-state index < -0.39 is 18.3 Å². The normalized spacial score (nSPS) is 25.0. The number of ether oxygens (including phenoxy) is 2. The monoisotopic (exact) mass is 433 g/mol. The van der Waals surface area contributed by atoms with Gasteiger partial charge in [-0.15, -0.1) is 0 Å². The van der Waals surface area contributed by atoms with Crippen molar-refractivity contribution in [3.8, 4) is 5.88 Å². The van der Waals surface area contributed by atoms with Crippen LogP contribution >= 0.6 is 11.5 Å². The van der Waals surface area contributed by atoms with Crippen LogP contribution in [-0.4, -0.2) is 41.9 Å². The molecule has 3 rings (SSSR count). The number of rotatable bonds is 7. The molecule has 1 aliphatic heterocycles. The molecule has 30 heavy (non-hydrogen) atoms. The number of esters is 1. The molecule has 2 unspecified atom stereocenters. The smallest absolute Gasteiger partial charge is 0.476 e. The molecule has 0 radical (unpaired) electrons. The van der Waals surface area contributed by atoms with Gasteiger partial charge < -0.3 is 18.8 Å². The Morgan fingerprint density at radius 1 is 1.33 bits per heavy atom. The Hall–Kier alpha value is -1.64. The number of aromatic nitrogens is 1. The quantitative estimate of drug-likeness (QED) is 0.459. The second kappa shape index (κ2) is 8.85. The van der Waals surface area contributed by atoms with E-state index in [9.17, 15) is 4.79 Å². The fourth-order valence-corrected chi connectivity index (χ4v) is 4.22. The topological polar surface area (TPSA) is 66.9 Å². The molecule has 2 heterocycles. The zero-order valence-corrected chi connectivity index (χ0v) is 19.6. The van der Waals surface area contributed by atoms with Crippen molar-refractivity contribution in [3.63, 3.8) is 0 Å². The number of carbonyl (C=O) groups is 1. The molecule has 1 saturated heterocycles. The first-order valence-corrected chi connectivity index (χ1v) is 11.3. The van der Waals surface area contributed by atoms with Gasteiger partial charge in [-0.05, 0) is 77.0 Å². The Balaban J connectivity index is 1.77. The number of allylic oxidation sites excluding steroid dienone is 2. The average molecular weight is 433 g/mol. The SMILES string of the molecule is C=C(C)c1cc(OCC2CC(C(=O)OCC)CC=C2B2OC(C)(C)C(C)(C)O2)ns1. The molecule has 1 fully saturated rings. The van der Waals surface area contributed by atoms with E-state index in [1.165, 1.54) is 11.5 Å². The molecule has 2 atom stereocenters. The van der Waals surface area contributed by atoms with E-state index in [-0.39, 0.29) is 17.8 Å². The van der Waals surface area contributed by atoms with Gasteiger partial charge in [0.05, 0.1) is 35.2 Å². The molecule has 1 aliphatic carbocycles. The molecule has 6 nitrogen and oxygen atoms in total. The van der Waals surface area contributed by atoms with Gasteiger partial charge in [0.2, 0.25) is 5.88 Å². The highest BCUT2D eigenvalue weighted by Crippen LogP contribution is 2.42. The molecule has 0 amide bonds. The van der Waals surface area contributed by atoms with Crippen molar-refractivity contribution in [2.75, 3.05) is 13.2 Å². The van der Waals surface area contributed by atoms with Gasteiger partial charge >= 0.3 is 13.1 Å². The first kappa shape index (κ1) is 23.0. The highest BCUT2D eigenvalue weighted by atomic mass is 32.1. The van der Waals surface area contributed by atoms with Crippen molar-refractivity contribution in [2.24, 2.45) is 11.8 Å². The number of hydrogen-bond acceptors (Lipinski definition) is 7. The van der Waals surface area contributed by atoms with E-state index >= 15 is 0 Å². The third-order valence-corrected chi connectivity index (χ3v) is 7.10. The van der Waals surface area contributed by atoms with Crippen LogP contribution in [-0.2, 0) is 18.8 Å². The highest BCUT2D eigenvalue weighted by Gasteiger charge is 2.54. The zero-order valence-electron chi connectivity index (χ0n) is 18.8. The van der Waals surface area contributed by atoms with E-state index in [2.05, 4.69) is 17.0 Å². The van der Waals surface area contributed by atoms with E-state index in [0.29, 0.717) is 31.9 Å². The molecule has 164 valence electrons. The van der Waals surface area contributed by atoms with Gasteiger partial charge in [-0.25, -0.2) is 0 Å². The molecular weight excluding hydrogens is 401 g/mol. The van der Waals surface area contributed by atoms with Gasteiger partial charge in [0.1, 0.15) is 0 Å². The Labute approximate surface area is 183 Å². The fourth-order valence-electron chi connectivity index (χ4n) is 3.62. The maximum absolute atomic E-state index is 12.4. The summed E-state index contributed by atoms with van der Waals surface area (Å²) < 4.78 is 28.2. The largest absolute Gasteiger partial charge is 0.490 e. The van der Waals surface area contributed by atoms with Crippen LogP contribution < -0.4 is 4.74 Å². The third-order valence-electron chi connectivity index (χ3n) is 6.17. The minimum Gasteiger partial charge on any atom is -0.476 e. The minimum atomic E-state index is -0.451. The van der Waals surface area contributed by atoms with Crippen LogP contribution in [0.25, 0.3) is 5.57 Å². The van der Waals surface area contributed by atoms with Crippen LogP contribution in [0.3, 0.4) is 0 Å². The molecule has 0 spiro atoms. The predicted octanol–water partition coefficient (Wildman–Crippen LogP) is 4.70. The van der Waals surface area contributed by atoms with Gasteiger partial charge in [0.15, 0.2) is 0 Å². The summed E-state index contributed by atoms with van der Waals surface area (Å²) in [6.45, 7) is 16.7. The predicted molar refractivity (Wildman–Crippen MR) is 119 cm³/mol. The average Bonchev–Trinajstić information content (AvgIpc) is 3.22. The van der Waals surface area contributed by atoms with Crippen molar-refractivity contribution >= 4 is 30.2 Å². The van der Waals surface area contributed by atoms with Crippen molar-refractivity contribution < 1.29 is 23.6 Å². The molecule has 0 aromatic carbocycles. The lowest BCUT2D eigenvalue weighted by atomic mass is 9.65. The van der Waals surface area contributed by atoms with Crippen molar-refractivity contribution in [3.05, 3.63) is 29.1 Å². The van der Waals surface area contributed by atoms with E-state index in [1.54, 1.807) is 0 Å². The Morgan fingerprint density at radius 2 is 2.00 bits per heavy atom. The maximum Gasteiger partial charge on any atom is 0.490 e.